The van der Waals surface area contributed by atoms with E-state index in [9.17, 15) is 4.79 Å². The van der Waals surface area contributed by atoms with Crippen LogP contribution in [0.1, 0.15) is 19.4 Å². The number of carbonyl (C=O) groups is 1. The molecule has 0 aromatic heterocycles. The second-order valence-electron chi connectivity index (χ2n) is 4.55. The van der Waals surface area contributed by atoms with Crippen LogP contribution in [0, 0.1) is 5.92 Å². The van der Waals surface area contributed by atoms with Crippen LogP contribution in [0.3, 0.4) is 0 Å². The monoisotopic (exact) mass is 231 g/mol. The van der Waals surface area contributed by atoms with Crippen LogP contribution < -0.4 is 5.32 Å². The van der Waals surface area contributed by atoms with E-state index in [2.05, 4.69) is 19.2 Å². The van der Waals surface area contributed by atoms with E-state index in [1.165, 1.54) is 0 Å². The average molecular weight is 231 g/mol. The van der Waals surface area contributed by atoms with Crippen LogP contribution in [0.25, 0.3) is 6.08 Å². The fourth-order valence-corrected chi connectivity index (χ4v) is 1.92. The summed E-state index contributed by atoms with van der Waals surface area (Å²) in [5.74, 6) is 0.354. The lowest BCUT2D eigenvalue weighted by Gasteiger charge is -2.16. The number of hydrogen-bond acceptors (Lipinski definition) is 2. The number of benzene rings is 1. The molecule has 0 unspecified atom stereocenters. The van der Waals surface area contributed by atoms with Gasteiger partial charge < -0.3 is 10.1 Å². The van der Waals surface area contributed by atoms with Crippen molar-refractivity contribution in [3.8, 4) is 0 Å². The summed E-state index contributed by atoms with van der Waals surface area (Å²) in [7, 11) is 0. The largest absolute Gasteiger partial charge is 0.440 e. The van der Waals surface area contributed by atoms with Crippen molar-refractivity contribution in [3.63, 3.8) is 0 Å². The minimum Gasteiger partial charge on any atom is -0.440 e. The molecule has 1 aliphatic rings. The van der Waals surface area contributed by atoms with Crippen molar-refractivity contribution < 1.29 is 9.53 Å². The molecule has 1 heterocycles. The van der Waals surface area contributed by atoms with Gasteiger partial charge in [0.2, 0.25) is 0 Å². The van der Waals surface area contributed by atoms with Crippen LogP contribution in [-0.4, -0.2) is 18.2 Å². The van der Waals surface area contributed by atoms with E-state index in [0.717, 1.165) is 5.56 Å². The maximum atomic E-state index is 11.2. The molecule has 0 aliphatic carbocycles. The second kappa shape index (κ2) is 5.04. The first-order chi connectivity index (χ1) is 8.16. The Morgan fingerprint density at radius 3 is 2.65 bits per heavy atom. The Hall–Kier alpha value is -1.77. The molecule has 17 heavy (non-hydrogen) atoms. The Balaban J connectivity index is 2.07. The smallest absolute Gasteiger partial charge is 0.408 e. The second-order valence-corrected chi connectivity index (χ2v) is 4.55. The first-order valence-electron chi connectivity index (χ1n) is 5.87. The highest BCUT2D eigenvalue weighted by Crippen LogP contribution is 2.18. The molecule has 1 aliphatic heterocycles. The molecule has 0 spiro atoms. The molecular weight excluding hydrogens is 214 g/mol. The minimum atomic E-state index is -0.327. The van der Waals surface area contributed by atoms with Crippen LogP contribution in [0.2, 0.25) is 0 Å². The molecule has 3 nitrogen and oxygen atoms in total. The van der Waals surface area contributed by atoms with Crippen molar-refractivity contribution in [1.29, 1.82) is 0 Å². The summed E-state index contributed by atoms with van der Waals surface area (Å²) in [4.78, 5) is 11.2. The first kappa shape index (κ1) is 11.7. The summed E-state index contributed by atoms with van der Waals surface area (Å²) in [5, 5.41) is 2.83. The predicted molar refractivity (Wildman–Crippen MR) is 67.5 cm³/mol. The number of hydrogen-bond donors (Lipinski definition) is 1. The van der Waals surface area contributed by atoms with Gasteiger partial charge in [-0.3, -0.25) is 0 Å². The average Bonchev–Trinajstić information content (AvgIpc) is 2.69. The van der Waals surface area contributed by atoms with Crippen molar-refractivity contribution in [2.75, 3.05) is 0 Å². The quantitative estimate of drug-likeness (QED) is 0.868. The van der Waals surface area contributed by atoms with Crippen LogP contribution in [0.5, 0.6) is 0 Å². The van der Waals surface area contributed by atoms with Crippen molar-refractivity contribution in [2.45, 2.75) is 26.0 Å². The number of rotatable bonds is 3. The predicted octanol–water partition coefficient (Wildman–Crippen LogP) is 2.83. The Morgan fingerprint density at radius 2 is 2.00 bits per heavy atom. The van der Waals surface area contributed by atoms with Gasteiger partial charge in [0.05, 0.1) is 6.04 Å². The minimum absolute atomic E-state index is 0.0578. The maximum absolute atomic E-state index is 11.2. The van der Waals surface area contributed by atoms with E-state index in [1.54, 1.807) is 0 Å². The number of amides is 1. The van der Waals surface area contributed by atoms with E-state index < -0.39 is 0 Å². The van der Waals surface area contributed by atoms with Gasteiger partial charge in [-0.2, -0.15) is 0 Å². The highest BCUT2D eigenvalue weighted by molar-refractivity contribution is 5.71. The fraction of sp³-hybridized carbons (Fsp3) is 0.357. The van der Waals surface area contributed by atoms with E-state index in [0.29, 0.717) is 5.92 Å². The molecule has 1 N–H and O–H groups in total. The van der Waals surface area contributed by atoms with Crippen molar-refractivity contribution in [2.24, 2.45) is 5.92 Å². The summed E-state index contributed by atoms with van der Waals surface area (Å²) in [6.45, 7) is 4.14. The molecule has 1 aromatic carbocycles. The Kier molecular flexibility index (Phi) is 3.47. The maximum Gasteiger partial charge on any atom is 0.408 e. The Morgan fingerprint density at radius 1 is 1.29 bits per heavy atom. The molecule has 0 bridgehead atoms. The van der Waals surface area contributed by atoms with Gasteiger partial charge in [0.1, 0.15) is 6.10 Å². The number of alkyl carbamates (subject to hydrolysis) is 1. The Bertz CT molecular complexity index is 411. The molecular formula is C14H17NO2. The molecule has 1 fully saturated rings. The van der Waals surface area contributed by atoms with E-state index in [4.69, 9.17) is 4.74 Å². The molecule has 2 rings (SSSR count). The van der Waals surface area contributed by atoms with Gasteiger partial charge in [-0.1, -0.05) is 50.3 Å². The number of ether oxygens (including phenoxy) is 1. The van der Waals surface area contributed by atoms with Crippen molar-refractivity contribution in [1.82, 2.24) is 5.32 Å². The third-order valence-corrected chi connectivity index (χ3v) is 2.88. The molecule has 3 heteroatoms. The molecule has 1 amide bonds. The highest BCUT2D eigenvalue weighted by atomic mass is 16.6. The Labute approximate surface area is 101 Å². The summed E-state index contributed by atoms with van der Waals surface area (Å²) in [6, 6.07) is 10.0. The zero-order valence-corrected chi connectivity index (χ0v) is 10.1. The summed E-state index contributed by atoms with van der Waals surface area (Å²) >= 11 is 0. The molecule has 2 atom stereocenters. The van der Waals surface area contributed by atoms with Gasteiger partial charge in [0, 0.05) is 0 Å². The standard InChI is InChI=1S/C14H17NO2/c1-10(2)13-12(17-14(16)15-13)9-8-11-6-4-3-5-7-11/h3-10,12-13H,1-2H3,(H,15,16)/b9-8+/t12-,13+/m1/s1. The van der Waals surface area contributed by atoms with Gasteiger partial charge in [-0.15, -0.1) is 0 Å². The topological polar surface area (TPSA) is 38.3 Å². The lowest BCUT2D eigenvalue weighted by atomic mass is 9.98. The van der Waals surface area contributed by atoms with Crippen LogP contribution in [-0.2, 0) is 4.74 Å². The summed E-state index contributed by atoms with van der Waals surface area (Å²) in [6.07, 6.45) is 3.42. The van der Waals surface area contributed by atoms with Crippen LogP contribution in [0.15, 0.2) is 36.4 Å². The van der Waals surface area contributed by atoms with Gasteiger partial charge in [-0.05, 0) is 17.6 Å². The number of carbonyl (C=O) groups excluding carboxylic acids is 1. The van der Waals surface area contributed by atoms with E-state index in [-0.39, 0.29) is 18.2 Å². The number of nitrogens with one attached hydrogen (secondary N) is 1. The summed E-state index contributed by atoms with van der Waals surface area (Å²) in [5.41, 5.74) is 1.11. The van der Waals surface area contributed by atoms with Gasteiger partial charge in [-0.25, -0.2) is 4.79 Å². The van der Waals surface area contributed by atoms with Gasteiger partial charge in [0.25, 0.3) is 0 Å². The van der Waals surface area contributed by atoms with Crippen molar-refractivity contribution >= 4 is 12.2 Å². The third-order valence-electron chi connectivity index (χ3n) is 2.88. The normalized spacial score (nSPS) is 24.1. The lowest BCUT2D eigenvalue weighted by molar-refractivity contribution is 0.150. The lowest BCUT2D eigenvalue weighted by Crippen LogP contribution is -2.35. The number of cyclic esters (lactones) is 1. The van der Waals surface area contributed by atoms with Crippen molar-refractivity contribution in [3.05, 3.63) is 42.0 Å². The third kappa shape index (κ3) is 2.87. The van der Waals surface area contributed by atoms with Crippen LogP contribution in [0.4, 0.5) is 4.79 Å². The summed E-state index contributed by atoms with van der Waals surface area (Å²) < 4.78 is 5.22. The molecule has 1 aromatic rings. The van der Waals surface area contributed by atoms with Gasteiger partial charge in [0.15, 0.2) is 0 Å². The van der Waals surface area contributed by atoms with Gasteiger partial charge >= 0.3 is 6.09 Å². The zero-order chi connectivity index (χ0) is 12.3. The molecule has 90 valence electrons. The van der Waals surface area contributed by atoms with Crippen LogP contribution >= 0.6 is 0 Å². The molecule has 1 saturated heterocycles. The molecule has 0 radical (unpaired) electrons. The zero-order valence-electron chi connectivity index (χ0n) is 10.1. The first-order valence-corrected chi connectivity index (χ1v) is 5.87. The van der Waals surface area contributed by atoms with E-state index >= 15 is 0 Å². The SMILES string of the molecule is CC(C)[C@@H]1NC(=O)O[C@@H]1/C=C/c1ccccc1. The van der Waals surface area contributed by atoms with E-state index in [1.807, 2.05) is 42.5 Å². The molecule has 0 saturated carbocycles. The highest BCUT2D eigenvalue weighted by Gasteiger charge is 2.33. The fourth-order valence-electron chi connectivity index (χ4n) is 1.92.